The molecule has 0 spiro atoms. The summed E-state index contributed by atoms with van der Waals surface area (Å²) in [5, 5.41) is 3.79. The van der Waals surface area contributed by atoms with Gasteiger partial charge in [-0.3, -0.25) is 0 Å². The molecule has 0 bridgehead atoms. The SMILES string of the molecule is C=C(C)CNC(=S)N(C)C. The second-order valence-electron chi connectivity index (χ2n) is 2.51. The molecule has 0 aliphatic rings. The quantitative estimate of drug-likeness (QED) is 0.477. The van der Waals surface area contributed by atoms with E-state index in [9.17, 15) is 0 Å². The molecule has 0 aliphatic heterocycles. The van der Waals surface area contributed by atoms with Gasteiger partial charge >= 0.3 is 0 Å². The van der Waals surface area contributed by atoms with Crippen molar-refractivity contribution in [3.63, 3.8) is 0 Å². The lowest BCUT2D eigenvalue weighted by atomic mass is 10.3. The first kappa shape index (κ1) is 9.43. The van der Waals surface area contributed by atoms with Crippen LogP contribution in [0.1, 0.15) is 6.92 Å². The Bertz CT molecular complexity index is 141. The molecule has 0 aromatic carbocycles. The van der Waals surface area contributed by atoms with Crippen LogP contribution in [0.5, 0.6) is 0 Å². The van der Waals surface area contributed by atoms with Gasteiger partial charge in [0.1, 0.15) is 0 Å². The molecule has 0 rings (SSSR count). The summed E-state index contributed by atoms with van der Waals surface area (Å²) < 4.78 is 0. The van der Waals surface area contributed by atoms with Crippen molar-refractivity contribution >= 4 is 17.3 Å². The second-order valence-corrected chi connectivity index (χ2v) is 2.90. The maximum Gasteiger partial charge on any atom is 0.168 e. The summed E-state index contributed by atoms with van der Waals surface area (Å²) in [5.41, 5.74) is 1.09. The molecule has 2 nitrogen and oxygen atoms in total. The van der Waals surface area contributed by atoms with Crippen molar-refractivity contribution in [1.29, 1.82) is 0 Å². The fourth-order valence-electron chi connectivity index (χ4n) is 0.385. The Kier molecular flexibility index (Phi) is 4.03. The number of thiocarbonyl (C=S) groups is 1. The van der Waals surface area contributed by atoms with Gasteiger partial charge in [-0.1, -0.05) is 12.2 Å². The Morgan fingerprint density at radius 2 is 2.10 bits per heavy atom. The summed E-state index contributed by atoms with van der Waals surface area (Å²) in [7, 11) is 3.82. The van der Waals surface area contributed by atoms with E-state index in [4.69, 9.17) is 12.2 Å². The molecule has 0 heterocycles. The van der Waals surface area contributed by atoms with Gasteiger partial charge in [0.15, 0.2) is 5.11 Å². The molecule has 0 unspecified atom stereocenters. The first-order valence-electron chi connectivity index (χ1n) is 3.13. The fourth-order valence-corrected chi connectivity index (χ4v) is 0.457. The van der Waals surface area contributed by atoms with E-state index in [1.165, 1.54) is 0 Å². The van der Waals surface area contributed by atoms with Gasteiger partial charge in [0.2, 0.25) is 0 Å². The number of nitrogens with one attached hydrogen (secondary N) is 1. The van der Waals surface area contributed by atoms with Crippen molar-refractivity contribution in [2.75, 3.05) is 20.6 Å². The molecule has 10 heavy (non-hydrogen) atoms. The molecule has 0 aromatic rings. The van der Waals surface area contributed by atoms with E-state index in [1.807, 2.05) is 25.9 Å². The van der Waals surface area contributed by atoms with Crippen molar-refractivity contribution in [3.05, 3.63) is 12.2 Å². The first-order chi connectivity index (χ1) is 4.54. The summed E-state index contributed by atoms with van der Waals surface area (Å²) in [6, 6.07) is 0. The average Bonchev–Trinajstić information content (AvgIpc) is 1.82. The Morgan fingerprint density at radius 3 is 2.40 bits per heavy atom. The summed E-state index contributed by atoms with van der Waals surface area (Å²) >= 11 is 4.97. The molecule has 0 saturated carbocycles. The maximum atomic E-state index is 4.97. The van der Waals surface area contributed by atoms with Crippen LogP contribution < -0.4 is 5.32 Å². The van der Waals surface area contributed by atoms with E-state index < -0.39 is 0 Å². The third-order valence-corrected chi connectivity index (χ3v) is 1.46. The predicted molar refractivity (Wildman–Crippen MR) is 49.1 cm³/mol. The number of hydrogen-bond acceptors (Lipinski definition) is 1. The zero-order valence-corrected chi connectivity index (χ0v) is 7.59. The normalized spacial score (nSPS) is 8.70. The highest BCUT2D eigenvalue weighted by atomic mass is 32.1. The molecule has 0 aliphatic carbocycles. The molecular formula is C7H14N2S. The highest BCUT2D eigenvalue weighted by molar-refractivity contribution is 7.80. The third-order valence-electron chi connectivity index (χ3n) is 0.948. The summed E-state index contributed by atoms with van der Waals surface area (Å²) in [4.78, 5) is 1.86. The Balaban J connectivity index is 3.50. The lowest BCUT2D eigenvalue weighted by Crippen LogP contribution is -2.34. The van der Waals surface area contributed by atoms with Crippen LogP contribution in [0.15, 0.2) is 12.2 Å². The van der Waals surface area contributed by atoms with Gasteiger partial charge in [-0.25, -0.2) is 0 Å². The van der Waals surface area contributed by atoms with E-state index in [2.05, 4.69) is 11.9 Å². The largest absolute Gasteiger partial charge is 0.359 e. The van der Waals surface area contributed by atoms with Gasteiger partial charge in [0, 0.05) is 20.6 Å². The van der Waals surface area contributed by atoms with Crippen molar-refractivity contribution in [2.45, 2.75) is 6.92 Å². The molecule has 0 radical (unpaired) electrons. The van der Waals surface area contributed by atoms with E-state index in [-0.39, 0.29) is 0 Å². The zero-order chi connectivity index (χ0) is 8.15. The minimum absolute atomic E-state index is 0.753. The summed E-state index contributed by atoms with van der Waals surface area (Å²) in [6.07, 6.45) is 0. The second kappa shape index (κ2) is 4.28. The van der Waals surface area contributed by atoms with Gasteiger partial charge in [-0.05, 0) is 19.1 Å². The van der Waals surface area contributed by atoms with Gasteiger partial charge < -0.3 is 10.2 Å². The van der Waals surface area contributed by atoms with Crippen molar-refractivity contribution in [3.8, 4) is 0 Å². The molecule has 3 heteroatoms. The number of nitrogens with zero attached hydrogens (tertiary/aromatic N) is 1. The number of hydrogen-bond donors (Lipinski definition) is 1. The highest BCUT2D eigenvalue weighted by Gasteiger charge is 1.94. The standard InChI is InChI=1S/C7H14N2S/c1-6(2)5-8-7(10)9(3)4/h1,5H2,2-4H3,(H,8,10). The van der Waals surface area contributed by atoms with Crippen LogP contribution in [0.4, 0.5) is 0 Å². The summed E-state index contributed by atoms with van der Waals surface area (Å²) in [5.74, 6) is 0. The topological polar surface area (TPSA) is 15.3 Å². The van der Waals surface area contributed by atoms with Crippen LogP contribution in [0, 0.1) is 0 Å². The van der Waals surface area contributed by atoms with Crippen LogP contribution in [0.25, 0.3) is 0 Å². The first-order valence-corrected chi connectivity index (χ1v) is 3.54. The molecule has 1 N–H and O–H groups in total. The molecule has 58 valence electrons. The van der Waals surface area contributed by atoms with Gasteiger partial charge in [0.05, 0.1) is 0 Å². The van der Waals surface area contributed by atoms with Crippen LogP contribution >= 0.6 is 12.2 Å². The Hall–Kier alpha value is -0.570. The Morgan fingerprint density at radius 1 is 1.60 bits per heavy atom. The van der Waals surface area contributed by atoms with Crippen molar-refractivity contribution in [2.24, 2.45) is 0 Å². The molecule has 0 aromatic heterocycles. The molecule has 0 amide bonds. The van der Waals surface area contributed by atoms with E-state index in [1.54, 1.807) is 0 Å². The summed E-state index contributed by atoms with van der Waals surface area (Å²) in [6.45, 7) is 6.47. The van der Waals surface area contributed by atoms with Gasteiger partial charge in [-0.2, -0.15) is 0 Å². The monoisotopic (exact) mass is 158 g/mol. The van der Waals surface area contributed by atoms with Crippen LogP contribution in [-0.2, 0) is 0 Å². The average molecular weight is 158 g/mol. The highest BCUT2D eigenvalue weighted by Crippen LogP contribution is 1.83. The van der Waals surface area contributed by atoms with Crippen LogP contribution in [0.3, 0.4) is 0 Å². The van der Waals surface area contributed by atoms with E-state index in [0.717, 1.165) is 17.2 Å². The fraction of sp³-hybridized carbons (Fsp3) is 0.571. The third kappa shape index (κ3) is 4.32. The molecular weight excluding hydrogens is 144 g/mol. The minimum atomic E-state index is 0.753. The molecule has 0 saturated heterocycles. The van der Waals surface area contributed by atoms with Crippen molar-refractivity contribution in [1.82, 2.24) is 10.2 Å². The maximum absolute atomic E-state index is 4.97. The number of rotatable bonds is 2. The van der Waals surface area contributed by atoms with Gasteiger partial charge in [0.25, 0.3) is 0 Å². The van der Waals surface area contributed by atoms with Crippen LogP contribution in [0.2, 0.25) is 0 Å². The van der Waals surface area contributed by atoms with Crippen LogP contribution in [-0.4, -0.2) is 30.7 Å². The van der Waals surface area contributed by atoms with Gasteiger partial charge in [-0.15, -0.1) is 0 Å². The van der Waals surface area contributed by atoms with E-state index in [0.29, 0.717) is 0 Å². The van der Waals surface area contributed by atoms with Crippen molar-refractivity contribution < 1.29 is 0 Å². The minimum Gasteiger partial charge on any atom is -0.359 e. The predicted octanol–water partition coefficient (Wildman–Crippen LogP) is 0.999. The molecule has 0 atom stereocenters. The lowest BCUT2D eigenvalue weighted by Gasteiger charge is -2.14. The molecule has 0 fully saturated rings. The lowest BCUT2D eigenvalue weighted by molar-refractivity contribution is 0.606. The van der Waals surface area contributed by atoms with E-state index >= 15 is 0 Å². The smallest absolute Gasteiger partial charge is 0.168 e. The zero-order valence-electron chi connectivity index (χ0n) is 6.77. The Labute approximate surface area is 67.9 Å².